The van der Waals surface area contributed by atoms with Gasteiger partial charge in [0.1, 0.15) is 17.6 Å². The third-order valence-electron chi connectivity index (χ3n) is 7.24. The summed E-state index contributed by atoms with van der Waals surface area (Å²) >= 11 is 0. The van der Waals surface area contributed by atoms with E-state index in [4.69, 9.17) is 4.74 Å². The van der Waals surface area contributed by atoms with Gasteiger partial charge >= 0.3 is 0 Å². The molecule has 1 unspecified atom stereocenters. The number of carbonyl (C=O) groups is 1. The van der Waals surface area contributed by atoms with Gasteiger partial charge in [-0.2, -0.15) is 0 Å². The van der Waals surface area contributed by atoms with E-state index in [2.05, 4.69) is 20.6 Å². The Labute approximate surface area is 218 Å². The van der Waals surface area contributed by atoms with Gasteiger partial charge in [0.15, 0.2) is 21.3 Å². The van der Waals surface area contributed by atoms with Crippen LogP contribution in [-0.2, 0) is 19.4 Å². The van der Waals surface area contributed by atoms with Gasteiger partial charge < -0.3 is 15.4 Å². The van der Waals surface area contributed by atoms with Crippen LogP contribution in [0.5, 0.6) is 0 Å². The van der Waals surface area contributed by atoms with Crippen LogP contribution in [-0.4, -0.2) is 41.7 Å². The van der Waals surface area contributed by atoms with Gasteiger partial charge in [-0.25, -0.2) is 27.2 Å². The van der Waals surface area contributed by atoms with E-state index in [1.807, 2.05) is 6.07 Å². The van der Waals surface area contributed by atoms with Gasteiger partial charge in [-0.3, -0.25) is 9.36 Å². The van der Waals surface area contributed by atoms with Crippen LogP contribution in [0, 0.1) is 5.92 Å². The number of alkyl halides is 2. The Morgan fingerprint density at radius 1 is 1.08 bits per heavy atom. The summed E-state index contributed by atoms with van der Waals surface area (Å²) < 4.78 is 61.0. The minimum absolute atomic E-state index is 0.0982. The Morgan fingerprint density at radius 2 is 1.87 bits per heavy atom. The van der Waals surface area contributed by atoms with Crippen LogP contribution in [0.2, 0.25) is 0 Å². The number of hydrogen-bond donors (Lipinski definition) is 2. The highest BCUT2D eigenvalue weighted by Gasteiger charge is 2.32. The topological polar surface area (TPSA) is 115 Å². The molecule has 1 saturated heterocycles. The van der Waals surface area contributed by atoms with Crippen molar-refractivity contribution in [2.24, 2.45) is 5.92 Å². The number of aromatic nitrogens is 3. The number of halogens is 2. The highest BCUT2D eigenvalue weighted by atomic mass is 32.2. The molecule has 3 heterocycles. The summed E-state index contributed by atoms with van der Waals surface area (Å²) in [6.07, 6.45) is 3.34. The predicted molar refractivity (Wildman–Crippen MR) is 137 cm³/mol. The van der Waals surface area contributed by atoms with Crippen molar-refractivity contribution in [2.45, 2.75) is 68.4 Å². The van der Waals surface area contributed by atoms with Crippen molar-refractivity contribution in [3.05, 3.63) is 35.7 Å². The number of hydrogen-bond acceptors (Lipinski definition) is 7. The summed E-state index contributed by atoms with van der Waals surface area (Å²) in [4.78, 5) is 21.4. The van der Waals surface area contributed by atoms with Gasteiger partial charge in [-0.05, 0) is 68.6 Å². The number of nitrogens with zero attached hydrogens (tertiary/aromatic N) is 3. The number of amides is 1. The van der Waals surface area contributed by atoms with Crippen LogP contribution in [0.4, 0.5) is 26.0 Å². The molecule has 12 heteroatoms. The first-order valence-electron chi connectivity index (χ1n) is 12.9. The summed E-state index contributed by atoms with van der Waals surface area (Å²) in [7, 11) is -3.61. The van der Waals surface area contributed by atoms with Gasteiger partial charge in [0.2, 0.25) is 5.91 Å². The predicted octanol–water partition coefficient (Wildman–Crippen LogP) is 5.44. The number of anilines is 3. The molecule has 3 fully saturated rings. The van der Waals surface area contributed by atoms with Crippen LogP contribution in [0.1, 0.15) is 74.9 Å². The fourth-order valence-electron chi connectivity index (χ4n) is 4.94. The number of rotatable bonds is 8. The molecule has 2 saturated carbocycles. The van der Waals surface area contributed by atoms with Crippen molar-refractivity contribution in [3.8, 4) is 0 Å². The van der Waals surface area contributed by atoms with E-state index < -0.39 is 28.3 Å². The molecule has 2 aliphatic carbocycles. The molecule has 2 aromatic heterocycles. The SMILES string of the molecule is CS(=O)(=O)c1cc(C2CC2)ccc1Nc1cc(NC(=O)C2CC2)nc2c1nc(C(F)F)n2C1CCCCO1. The van der Waals surface area contributed by atoms with Crippen LogP contribution in [0.3, 0.4) is 0 Å². The van der Waals surface area contributed by atoms with Gasteiger partial charge in [0, 0.05) is 24.8 Å². The minimum atomic E-state index is -3.61. The first-order valence-corrected chi connectivity index (χ1v) is 14.8. The number of imidazole rings is 1. The lowest BCUT2D eigenvalue weighted by atomic mass is 10.1. The summed E-state index contributed by atoms with van der Waals surface area (Å²) in [5.41, 5.74) is 1.79. The van der Waals surface area contributed by atoms with Crippen molar-refractivity contribution in [1.82, 2.24) is 14.5 Å². The van der Waals surface area contributed by atoms with Crippen LogP contribution >= 0.6 is 0 Å². The van der Waals surface area contributed by atoms with E-state index in [1.54, 1.807) is 12.1 Å². The molecule has 3 aromatic rings. The molecule has 9 nitrogen and oxygen atoms in total. The van der Waals surface area contributed by atoms with E-state index in [0.717, 1.165) is 50.3 Å². The maximum absolute atomic E-state index is 14.2. The molecule has 1 amide bonds. The summed E-state index contributed by atoms with van der Waals surface area (Å²) in [5.74, 6) is -0.256. The molecule has 1 atom stereocenters. The van der Waals surface area contributed by atoms with E-state index in [1.165, 1.54) is 10.6 Å². The molecule has 2 N–H and O–H groups in total. The molecule has 202 valence electrons. The lowest BCUT2D eigenvalue weighted by molar-refractivity contribution is -0.117. The number of carbonyl (C=O) groups excluding carboxylic acids is 1. The van der Waals surface area contributed by atoms with Crippen LogP contribution < -0.4 is 10.6 Å². The number of ether oxygens (including phenoxy) is 1. The van der Waals surface area contributed by atoms with Gasteiger partial charge in [-0.1, -0.05) is 6.07 Å². The molecule has 1 aromatic carbocycles. The zero-order valence-corrected chi connectivity index (χ0v) is 21.7. The second-order valence-electron chi connectivity index (χ2n) is 10.4. The second-order valence-corrected chi connectivity index (χ2v) is 12.4. The van der Waals surface area contributed by atoms with Crippen molar-refractivity contribution in [1.29, 1.82) is 0 Å². The Hall–Kier alpha value is -3.12. The average molecular weight is 546 g/mol. The fourth-order valence-corrected chi connectivity index (χ4v) is 5.81. The Morgan fingerprint density at radius 3 is 2.50 bits per heavy atom. The largest absolute Gasteiger partial charge is 0.358 e. The lowest BCUT2D eigenvalue weighted by Crippen LogP contribution is -2.21. The molecule has 1 aliphatic heterocycles. The number of sulfone groups is 1. The molecular formula is C26H29F2N5O4S. The summed E-state index contributed by atoms with van der Waals surface area (Å²) in [6, 6.07) is 6.75. The van der Waals surface area contributed by atoms with E-state index >= 15 is 0 Å². The molecule has 3 aliphatic rings. The normalized spacial score (nSPS) is 20.2. The fraction of sp³-hybridized carbons (Fsp3) is 0.500. The summed E-state index contributed by atoms with van der Waals surface area (Å²) in [6.45, 7) is 0.432. The maximum Gasteiger partial charge on any atom is 0.295 e. The molecule has 0 spiro atoms. The highest BCUT2D eigenvalue weighted by molar-refractivity contribution is 7.90. The lowest BCUT2D eigenvalue weighted by Gasteiger charge is -2.25. The number of nitrogens with one attached hydrogen (secondary N) is 2. The molecule has 0 radical (unpaired) electrons. The van der Waals surface area contributed by atoms with Gasteiger partial charge in [-0.15, -0.1) is 0 Å². The van der Waals surface area contributed by atoms with Crippen LogP contribution in [0.15, 0.2) is 29.2 Å². The van der Waals surface area contributed by atoms with Crippen LogP contribution in [0.25, 0.3) is 11.2 Å². The third kappa shape index (κ3) is 4.98. The molecule has 6 rings (SSSR count). The third-order valence-corrected chi connectivity index (χ3v) is 8.37. The molecule has 0 bridgehead atoms. The number of benzene rings is 1. The maximum atomic E-state index is 14.2. The summed E-state index contributed by atoms with van der Waals surface area (Å²) in [5, 5.41) is 5.91. The zero-order chi connectivity index (χ0) is 26.6. The van der Waals surface area contributed by atoms with E-state index in [-0.39, 0.29) is 39.4 Å². The first-order chi connectivity index (χ1) is 18.2. The van der Waals surface area contributed by atoms with Crippen molar-refractivity contribution in [2.75, 3.05) is 23.5 Å². The van der Waals surface area contributed by atoms with E-state index in [9.17, 15) is 22.0 Å². The van der Waals surface area contributed by atoms with Crippen molar-refractivity contribution >= 4 is 44.1 Å². The number of fused-ring (bicyclic) bond motifs is 1. The minimum Gasteiger partial charge on any atom is -0.358 e. The second kappa shape index (κ2) is 9.57. The quantitative estimate of drug-likeness (QED) is 0.387. The standard InChI is InChI=1S/C26H29F2N5O4S/c1-38(35,36)19-12-16(14-5-6-14)9-10-17(19)29-18-13-20(31-26(34)15-7-8-15)30-24-22(18)32-25(23(27)28)33(24)21-4-2-3-11-37-21/h9-10,12-15,21,23H,2-8,11H2,1H3,(H2,29,30,31,34). The smallest absolute Gasteiger partial charge is 0.295 e. The van der Waals surface area contributed by atoms with Crippen molar-refractivity contribution in [3.63, 3.8) is 0 Å². The monoisotopic (exact) mass is 545 g/mol. The zero-order valence-electron chi connectivity index (χ0n) is 20.9. The van der Waals surface area contributed by atoms with E-state index in [0.29, 0.717) is 24.6 Å². The van der Waals surface area contributed by atoms with Gasteiger partial charge in [0.05, 0.1) is 16.3 Å². The molecule has 38 heavy (non-hydrogen) atoms. The average Bonchev–Trinajstić information content (AvgIpc) is 3.80. The highest BCUT2D eigenvalue weighted by Crippen LogP contribution is 2.43. The Kier molecular flexibility index (Phi) is 6.34. The Balaban J connectivity index is 1.50. The number of pyridine rings is 1. The Bertz CT molecular complexity index is 1510. The van der Waals surface area contributed by atoms with Gasteiger partial charge in [0.25, 0.3) is 6.43 Å². The van der Waals surface area contributed by atoms with Crippen molar-refractivity contribution < 1.29 is 26.7 Å². The molecular weight excluding hydrogens is 516 g/mol. The first kappa shape index (κ1) is 25.2.